The number of hydrogen-bond donors (Lipinski definition) is 0. The van der Waals surface area contributed by atoms with Crippen molar-refractivity contribution in [2.24, 2.45) is 0 Å². The Labute approximate surface area is 289 Å². The molecule has 2 aromatic heterocycles. The van der Waals surface area contributed by atoms with Gasteiger partial charge in [-0.3, -0.25) is 9.88 Å². The highest BCUT2D eigenvalue weighted by molar-refractivity contribution is 6.74. The number of halogens is 3. The zero-order valence-corrected chi connectivity index (χ0v) is 31.1. The van der Waals surface area contributed by atoms with Crippen molar-refractivity contribution in [1.29, 1.82) is 0 Å². The number of rotatable bonds is 9. The fourth-order valence-electron chi connectivity index (χ4n) is 5.53. The van der Waals surface area contributed by atoms with E-state index < -0.39 is 8.32 Å². The Kier molecular flexibility index (Phi) is 10.4. The van der Waals surface area contributed by atoms with Crippen LogP contribution in [-0.4, -0.2) is 57.1 Å². The SMILES string of the molecule is COc1cc(-c2nccc(-c3cccc(-c4cc(Cl)c(C)c(OC)n4)c3Cl)c2Cl)cc2c1CN(CCO[Si](C)(C)C(C)(C)C)CC2. The Morgan fingerprint density at radius 2 is 1.65 bits per heavy atom. The molecule has 10 heteroatoms. The zero-order valence-electron chi connectivity index (χ0n) is 27.9. The van der Waals surface area contributed by atoms with Gasteiger partial charge in [0.1, 0.15) is 5.75 Å². The van der Waals surface area contributed by atoms with Crippen LogP contribution in [0.2, 0.25) is 33.2 Å². The van der Waals surface area contributed by atoms with Crippen LogP contribution in [0.3, 0.4) is 0 Å². The molecule has 3 heterocycles. The van der Waals surface area contributed by atoms with Gasteiger partial charge in [-0.2, -0.15) is 0 Å². The normalized spacial score (nSPS) is 13.9. The third-order valence-corrected chi connectivity index (χ3v) is 15.1. The molecule has 0 unspecified atom stereocenters. The first kappa shape index (κ1) is 34.7. The summed E-state index contributed by atoms with van der Waals surface area (Å²) in [7, 11) is 1.51. The highest BCUT2D eigenvalue weighted by Crippen LogP contribution is 2.44. The first-order chi connectivity index (χ1) is 21.8. The molecular weight excluding hydrogens is 657 g/mol. The van der Waals surface area contributed by atoms with Crippen LogP contribution < -0.4 is 9.47 Å². The van der Waals surface area contributed by atoms with Crippen LogP contribution in [0.1, 0.15) is 37.5 Å². The summed E-state index contributed by atoms with van der Waals surface area (Å²) in [6, 6.07) is 13.7. The summed E-state index contributed by atoms with van der Waals surface area (Å²) in [4.78, 5) is 11.8. The first-order valence-electron chi connectivity index (χ1n) is 15.5. The van der Waals surface area contributed by atoms with E-state index >= 15 is 0 Å². The summed E-state index contributed by atoms with van der Waals surface area (Å²) in [5, 5.41) is 1.77. The third-order valence-electron chi connectivity index (χ3n) is 9.36. The van der Waals surface area contributed by atoms with Crippen LogP contribution >= 0.6 is 34.8 Å². The molecule has 6 nitrogen and oxygen atoms in total. The van der Waals surface area contributed by atoms with Crippen molar-refractivity contribution in [2.75, 3.05) is 33.9 Å². The largest absolute Gasteiger partial charge is 0.496 e. The van der Waals surface area contributed by atoms with E-state index in [2.05, 4.69) is 49.8 Å². The minimum absolute atomic E-state index is 0.197. The summed E-state index contributed by atoms with van der Waals surface area (Å²) in [6.07, 6.45) is 2.67. The predicted molar refractivity (Wildman–Crippen MR) is 193 cm³/mol. The monoisotopic (exact) mass is 697 g/mol. The molecule has 0 N–H and O–H groups in total. The Morgan fingerprint density at radius 1 is 0.935 bits per heavy atom. The number of ether oxygens (including phenoxy) is 2. The van der Waals surface area contributed by atoms with E-state index in [4.69, 9.17) is 53.7 Å². The maximum absolute atomic E-state index is 7.13. The molecule has 46 heavy (non-hydrogen) atoms. The molecule has 0 amide bonds. The second-order valence-corrected chi connectivity index (χ2v) is 19.2. The van der Waals surface area contributed by atoms with Crippen molar-refractivity contribution in [3.8, 4) is 45.3 Å². The van der Waals surface area contributed by atoms with E-state index in [1.807, 2.05) is 37.3 Å². The van der Waals surface area contributed by atoms with Gasteiger partial charge >= 0.3 is 0 Å². The zero-order chi connectivity index (χ0) is 33.4. The molecule has 1 aliphatic heterocycles. The van der Waals surface area contributed by atoms with Gasteiger partial charge in [0.05, 0.1) is 40.7 Å². The van der Waals surface area contributed by atoms with Crippen molar-refractivity contribution in [3.05, 3.63) is 80.4 Å². The van der Waals surface area contributed by atoms with E-state index in [-0.39, 0.29) is 5.04 Å². The molecule has 0 saturated carbocycles. The van der Waals surface area contributed by atoms with E-state index in [1.165, 1.54) is 11.1 Å². The standard InChI is InChI=1S/C36H42Cl3N3O3Si/c1-22-29(37)20-30(41-35(22)44-6)27-11-9-10-25(32(27)38)26-12-14-40-34(33(26)39)24-18-23-13-15-42(21-28(23)31(19-24)43-5)16-17-45-46(7,8)36(2,3)4/h9-12,14,18-20H,13,15-17,21H2,1-8H3. The molecule has 0 fully saturated rings. The summed E-state index contributed by atoms with van der Waals surface area (Å²) < 4.78 is 17.8. The summed E-state index contributed by atoms with van der Waals surface area (Å²) >= 11 is 20.7. The van der Waals surface area contributed by atoms with Crippen molar-refractivity contribution < 1.29 is 13.9 Å². The second-order valence-electron chi connectivity index (χ2n) is 13.3. The molecule has 0 spiro atoms. The maximum atomic E-state index is 7.13. The van der Waals surface area contributed by atoms with Gasteiger partial charge in [0, 0.05) is 65.8 Å². The van der Waals surface area contributed by atoms with Gasteiger partial charge in [-0.1, -0.05) is 73.8 Å². The van der Waals surface area contributed by atoms with Gasteiger partial charge in [-0.05, 0) is 61.3 Å². The number of hydrogen-bond acceptors (Lipinski definition) is 6. The van der Waals surface area contributed by atoms with Gasteiger partial charge in [0.25, 0.3) is 0 Å². The van der Waals surface area contributed by atoms with Crippen LogP contribution in [0.5, 0.6) is 11.6 Å². The molecule has 0 bridgehead atoms. The highest BCUT2D eigenvalue weighted by atomic mass is 35.5. The molecular formula is C36H42Cl3N3O3Si. The van der Waals surface area contributed by atoms with Crippen LogP contribution in [0, 0.1) is 6.92 Å². The van der Waals surface area contributed by atoms with E-state index in [0.29, 0.717) is 32.3 Å². The molecule has 0 aliphatic carbocycles. The van der Waals surface area contributed by atoms with Crippen molar-refractivity contribution in [1.82, 2.24) is 14.9 Å². The highest BCUT2D eigenvalue weighted by Gasteiger charge is 2.37. The molecule has 2 aromatic carbocycles. The predicted octanol–water partition coefficient (Wildman–Crippen LogP) is 10.1. The van der Waals surface area contributed by atoms with Crippen LogP contribution in [0.25, 0.3) is 33.6 Å². The number of fused-ring (bicyclic) bond motifs is 1. The fourth-order valence-corrected chi connectivity index (χ4v) is 7.39. The Morgan fingerprint density at radius 3 is 2.35 bits per heavy atom. The number of aromatic nitrogens is 2. The minimum Gasteiger partial charge on any atom is -0.496 e. The maximum Gasteiger partial charge on any atom is 0.218 e. The Hall–Kier alpha value is -2.65. The Balaban J connectivity index is 1.44. The third kappa shape index (κ3) is 6.96. The smallest absolute Gasteiger partial charge is 0.218 e. The van der Waals surface area contributed by atoms with Crippen molar-refractivity contribution in [2.45, 2.75) is 58.8 Å². The van der Waals surface area contributed by atoms with E-state index in [1.54, 1.807) is 26.5 Å². The number of pyridine rings is 2. The molecule has 4 aromatic rings. The topological polar surface area (TPSA) is 56.7 Å². The van der Waals surface area contributed by atoms with Gasteiger partial charge in [-0.25, -0.2) is 4.98 Å². The van der Waals surface area contributed by atoms with E-state index in [0.717, 1.165) is 66.2 Å². The molecule has 0 atom stereocenters. The molecule has 0 saturated heterocycles. The van der Waals surface area contributed by atoms with Crippen LogP contribution in [0.4, 0.5) is 0 Å². The molecule has 1 aliphatic rings. The number of benzene rings is 2. The van der Waals surface area contributed by atoms with Crippen molar-refractivity contribution in [3.63, 3.8) is 0 Å². The number of nitrogens with zero attached hydrogens (tertiary/aromatic N) is 3. The first-order valence-corrected chi connectivity index (χ1v) is 19.5. The quantitative estimate of drug-likeness (QED) is 0.162. The molecule has 5 rings (SSSR count). The van der Waals surface area contributed by atoms with Gasteiger partial charge < -0.3 is 13.9 Å². The molecule has 0 radical (unpaired) electrons. The van der Waals surface area contributed by atoms with Gasteiger partial charge in [0.15, 0.2) is 8.32 Å². The minimum atomic E-state index is -1.78. The summed E-state index contributed by atoms with van der Waals surface area (Å²) in [5.41, 5.74) is 7.67. The van der Waals surface area contributed by atoms with Gasteiger partial charge in [0.2, 0.25) is 5.88 Å². The average Bonchev–Trinajstić information content (AvgIpc) is 3.01. The van der Waals surface area contributed by atoms with Gasteiger partial charge in [-0.15, -0.1) is 0 Å². The number of methoxy groups -OCH3 is 2. The lowest BCUT2D eigenvalue weighted by atomic mass is 9.94. The average molecular weight is 699 g/mol. The van der Waals surface area contributed by atoms with Crippen molar-refractivity contribution >= 4 is 43.1 Å². The van der Waals surface area contributed by atoms with Crippen LogP contribution in [0.15, 0.2) is 48.7 Å². The van der Waals surface area contributed by atoms with Crippen LogP contribution in [-0.2, 0) is 17.4 Å². The summed E-state index contributed by atoms with van der Waals surface area (Å²) in [6.45, 7) is 16.7. The fraction of sp³-hybridized carbons (Fsp3) is 0.389. The molecule has 244 valence electrons. The lowest BCUT2D eigenvalue weighted by Gasteiger charge is -2.37. The Bertz CT molecular complexity index is 1740. The second kappa shape index (κ2) is 13.8. The van der Waals surface area contributed by atoms with E-state index in [9.17, 15) is 0 Å². The lowest BCUT2D eigenvalue weighted by Crippen LogP contribution is -2.43. The summed E-state index contributed by atoms with van der Waals surface area (Å²) in [5.74, 6) is 1.29. The lowest BCUT2D eigenvalue weighted by molar-refractivity contribution is 0.185.